The molecule has 0 atom stereocenters. The predicted octanol–water partition coefficient (Wildman–Crippen LogP) is 3.39. The lowest BCUT2D eigenvalue weighted by Crippen LogP contribution is -2.18. The summed E-state index contributed by atoms with van der Waals surface area (Å²) in [5, 5.41) is 5.79. The highest BCUT2D eigenvalue weighted by Crippen LogP contribution is 2.20. The first kappa shape index (κ1) is 16.5. The van der Waals surface area contributed by atoms with Crippen molar-refractivity contribution in [3.05, 3.63) is 77.9 Å². The summed E-state index contributed by atoms with van der Waals surface area (Å²) in [7, 11) is 0. The second-order valence-corrected chi connectivity index (χ2v) is 5.60. The number of nitrogens with zero attached hydrogens (tertiary/aromatic N) is 1. The molecule has 0 aliphatic heterocycles. The molecule has 0 aliphatic rings. The van der Waals surface area contributed by atoms with Crippen LogP contribution in [-0.4, -0.2) is 18.4 Å². The molecule has 3 aromatic carbocycles. The first-order chi connectivity index (χ1) is 12.1. The monoisotopic (exact) mass is 334 g/mol. The van der Waals surface area contributed by atoms with Gasteiger partial charge in [0, 0.05) is 5.56 Å². The number of nitrogens with two attached hydrogens (primary N) is 1. The summed E-state index contributed by atoms with van der Waals surface area (Å²) >= 11 is 0. The number of carbonyl (C=O) groups excluding carboxylic acids is 1. The van der Waals surface area contributed by atoms with Crippen LogP contribution in [0.2, 0.25) is 0 Å². The fraction of sp³-hybridized carbons (Fsp3) is 0.100. The van der Waals surface area contributed by atoms with Gasteiger partial charge in [-0.05, 0) is 29.8 Å². The Morgan fingerprint density at radius 2 is 1.72 bits per heavy atom. The highest BCUT2D eigenvalue weighted by Gasteiger charge is 2.06. The Bertz CT molecular complexity index is 918. The van der Waals surface area contributed by atoms with Crippen LogP contribution in [0.4, 0.5) is 0 Å². The second kappa shape index (κ2) is 7.49. The van der Waals surface area contributed by atoms with E-state index in [-0.39, 0.29) is 12.4 Å². The smallest absolute Gasteiger partial charge is 0.372 e. The SMILES string of the molecule is Cc1ccc(/C(N)=N/OC(=O)COc2ccc3ccccc3c2)cc1. The average molecular weight is 334 g/mol. The molecule has 0 unspecified atom stereocenters. The Labute approximate surface area is 145 Å². The third kappa shape index (κ3) is 4.35. The van der Waals surface area contributed by atoms with Crippen LogP contribution in [0, 0.1) is 6.92 Å². The number of benzene rings is 3. The summed E-state index contributed by atoms with van der Waals surface area (Å²) in [5.74, 6) is 0.105. The maximum atomic E-state index is 11.8. The van der Waals surface area contributed by atoms with Gasteiger partial charge in [0.05, 0.1) is 0 Å². The number of aryl methyl sites for hydroxylation is 1. The van der Waals surface area contributed by atoms with E-state index in [0.717, 1.165) is 16.3 Å². The lowest BCUT2D eigenvalue weighted by Gasteiger charge is -2.06. The zero-order valence-corrected chi connectivity index (χ0v) is 13.8. The van der Waals surface area contributed by atoms with E-state index in [0.29, 0.717) is 11.3 Å². The van der Waals surface area contributed by atoms with E-state index in [1.54, 1.807) is 6.07 Å². The van der Waals surface area contributed by atoms with Crippen molar-refractivity contribution in [3.63, 3.8) is 0 Å². The number of rotatable bonds is 5. The van der Waals surface area contributed by atoms with E-state index >= 15 is 0 Å². The van der Waals surface area contributed by atoms with Crippen LogP contribution in [0.1, 0.15) is 11.1 Å². The largest absolute Gasteiger partial charge is 0.482 e. The summed E-state index contributed by atoms with van der Waals surface area (Å²) in [6, 6.07) is 20.9. The lowest BCUT2D eigenvalue weighted by molar-refractivity contribution is -0.146. The number of oxime groups is 1. The molecule has 0 saturated heterocycles. The Kier molecular flexibility index (Phi) is 4.95. The van der Waals surface area contributed by atoms with Gasteiger partial charge in [-0.15, -0.1) is 0 Å². The normalized spacial score (nSPS) is 11.3. The minimum atomic E-state index is -0.622. The summed E-state index contributed by atoms with van der Waals surface area (Å²) in [6.45, 7) is 1.73. The van der Waals surface area contributed by atoms with E-state index in [2.05, 4.69) is 5.16 Å². The molecule has 0 spiro atoms. The minimum absolute atomic E-state index is 0.138. The van der Waals surface area contributed by atoms with Crippen molar-refractivity contribution in [3.8, 4) is 5.75 Å². The first-order valence-corrected chi connectivity index (χ1v) is 7.84. The van der Waals surface area contributed by atoms with E-state index in [4.69, 9.17) is 15.3 Å². The molecule has 126 valence electrons. The molecule has 5 nitrogen and oxygen atoms in total. The standard InChI is InChI=1S/C20H18N2O3/c1-14-6-8-16(9-7-14)20(21)22-25-19(23)13-24-18-11-10-15-4-2-3-5-17(15)12-18/h2-12H,13H2,1H3,(H2,21,22). The summed E-state index contributed by atoms with van der Waals surface area (Å²) in [4.78, 5) is 16.6. The molecule has 0 radical (unpaired) electrons. The van der Waals surface area contributed by atoms with Crippen molar-refractivity contribution in [2.45, 2.75) is 6.92 Å². The predicted molar refractivity (Wildman–Crippen MR) is 97.4 cm³/mol. The fourth-order valence-corrected chi connectivity index (χ4v) is 2.30. The Morgan fingerprint density at radius 3 is 2.48 bits per heavy atom. The molecule has 3 rings (SSSR count). The highest BCUT2D eigenvalue weighted by atomic mass is 16.7. The van der Waals surface area contributed by atoms with Crippen LogP contribution in [0.3, 0.4) is 0 Å². The zero-order valence-electron chi connectivity index (χ0n) is 13.8. The maximum Gasteiger partial charge on any atom is 0.372 e. The van der Waals surface area contributed by atoms with Crippen molar-refractivity contribution in [1.29, 1.82) is 0 Å². The molecule has 0 bridgehead atoms. The molecular formula is C20H18N2O3. The van der Waals surface area contributed by atoms with Crippen LogP contribution >= 0.6 is 0 Å². The quantitative estimate of drug-likeness (QED) is 0.336. The number of hydrogen-bond acceptors (Lipinski definition) is 4. The van der Waals surface area contributed by atoms with Crippen molar-refractivity contribution < 1.29 is 14.4 Å². The first-order valence-electron chi connectivity index (χ1n) is 7.84. The van der Waals surface area contributed by atoms with Gasteiger partial charge in [-0.3, -0.25) is 0 Å². The maximum absolute atomic E-state index is 11.8. The van der Waals surface area contributed by atoms with Gasteiger partial charge in [0.15, 0.2) is 12.4 Å². The van der Waals surface area contributed by atoms with Gasteiger partial charge in [-0.2, -0.15) is 0 Å². The van der Waals surface area contributed by atoms with Crippen LogP contribution in [-0.2, 0) is 9.63 Å². The van der Waals surface area contributed by atoms with Gasteiger partial charge < -0.3 is 15.3 Å². The molecule has 0 amide bonds. The number of amidine groups is 1. The molecule has 0 aliphatic carbocycles. The fourth-order valence-electron chi connectivity index (χ4n) is 2.30. The van der Waals surface area contributed by atoms with E-state index in [1.165, 1.54) is 0 Å². The Hall–Kier alpha value is -3.34. The Morgan fingerprint density at radius 1 is 1.00 bits per heavy atom. The molecule has 2 N–H and O–H groups in total. The van der Waals surface area contributed by atoms with Crippen molar-refractivity contribution in [2.75, 3.05) is 6.61 Å². The van der Waals surface area contributed by atoms with Gasteiger partial charge >= 0.3 is 5.97 Å². The van der Waals surface area contributed by atoms with Crippen LogP contribution < -0.4 is 10.5 Å². The lowest BCUT2D eigenvalue weighted by atomic mass is 10.1. The van der Waals surface area contributed by atoms with Crippen molar-refractivity contribution >= 4 is 22.6 Å². The van der Waals surface area contributed by atoms with Gasteiger partial charge in [0.25, 0.3) is 0 Å². The molecule has 5 heteroatoms. The second-order valence-electron chi connectivity index (χ2n) is 5.60. The third-order valence-corrected chi connectivity index (χ3v) is 3.67. The molecule has 3 aromatic rings. The van der Waals surface area contributed by atoms with Gasteiger partial charge in [0.2, 0.25) is 0 Å². The van der Waals surface area contributed by atoms with E-state index < -0.39 is 5.97 Å². The average Bonchev–Trinajstić information content (AvgIpc) is 2.65. The van der Waals surface area contributed by atoms with E-state index in [1.807, 2.05) is 67.6 Å². The highest BCUT2D eigenvalue weighted by molar-refractivity contribution is 5.97. The molecule has 0 aromatic heterocycles. The summed E-state index contributed by atoms with van der Waals surface area (Å²) in [6.07, 6.45) is 0. The topological polar surface area (TPSA) is 73.9 Å². The molecular weight excluding hydrogens is 316 g/mol. The number of carbonyl (C=O) groups is 1. The molecule has 25 heavy (non-hydrogen) atoms. The molecule has 0 heterocycles. The Balaban J connectivity index is 1.56. The molecule has 0 fully saturated rings. The minimum Gasteiger partial charge on any atom is -0.482 e. The zero-order chi connectivity index (χ0) is 17.6. The summed E-state index contributed by atoms with van der Waals surface area (Å²) < 4.78 is 5.45. The number of ether oxygens (including phenoxy) is 1. The van der Waals surface area contributed by atoms with Crippen molar-refractivity contribution in [1.82, 2.24) is 0 Å². The van der Waals surface area contributed by atoms with Gasteiger partial charge in [-0.1, -0.05) is 65.3 Å². The van der Waals surface area contributed by atoms with Crippen LogP contribution in [0.5, 0.6) is 5.75 Å². The van der Waals surface area contributed by atoms with Gasteiger partial charge in [-0.25, -0.2) is 4.79 Å². The van der Waals surface area contributed by atoms with E-state index in [9.17, 15) is 4.79 Å². The van der Waals surface area contributed by atoms with Gasteiger partial charge in [0.1, 0.15) is 5.75 Å². The third-order valence-electron chi connectivity index (χ3n) is 3.67. The van der Waals surface area contributed by atoms with Crippen LogP contribution in [0.25, 0.3) is 10.8 Å². The van der Waals surface area contributed by atoms with Crippen LogP contribution in [0.15, 0.2) is 71.9 Å². The van der Waals surface area contributed by atoms with Crippen molar-refractivity contribution in [2.24, 2.45) is 10.9 Å². The number of hydrogen-bond donors (Lipinski definition) is 1. The number of fused-ring (bicyclic) bond motifs is 1. The summed E-state index contributed by atoms with van der Waals surface area (Å²) in [5.41, 5.74) is 7.59. The molecule has 0 saturated carbocycles.